The Labute approximate surface area is 175 Å². The largest absolute Gasteiger partial charge is 0.377 e. The number of allylic oxidation sites excluding steroid dienone is 1. The third kappa shape index (κ3) is 3.28. The molecule has 1 saturated carbocycles. The molecule has 1 fully saturated rings. The van der Waals surface area contributed by atoms with E-state index >= 15 is 0 Å². The van der Waals surface area contributed by atoms with Crippen LogP contribution in [0.15, 0.2) is 36.2 Å². The van der Waals surface area contributed by atoms with Crippen LogP contribution in [-0.2, 0) is 4.74 Å². The van der Waals surface area contributed by atoms with E-state index in [2.05, 4.69) is 24.1 Å². The van der Waals surface area contributed by atoms with Gasteiger partial charge in [0.2, 0.25) is 0 Å². The van der Waals surface area contributed by atoms with Crippen molar-refractivity contribution in [1.29, 1.82) is 5.41 Å². The normalized spacial score (nSPS) is 22.2. The van der Waals surface area contributed by atoms with Crippen LogP contribution in [0, 0.1) is 18.3 Å². The second kappa shape index (κ2) is 7.39. The number of carbonyl (C=O) groups is 1. The standard InChI is InChI=1S/C22H26N4O2S/c1-5-10-28-22-8-6-16(11-15(22)12-22)26(13-23)21(27)19-14(2)18-17(25(3)4)7-9-24-20(18)29-19/h6-9,11,13,15,23H,5,10,12H2,1-4H3. The summed E-state index contributed by atoms with van der Waals surface area (Å²) in [7, 11) is 3.97. The van der Waals surface area contributed by atoms with Gasteiger partial charge in [-0.2, -0.15) is 0 Å². The molecule has 2 atom stereocenters. The highest BCUT2D eigenvalue weighted by Gasteiger charge is 2.54. The summed E-state index contributed by atoms with van der Waals surface area (Å²) in [5, 5.41) is 8.88. The van der Waals surface area contributed by atoms with Crippen LogP contribution in [0.5, 0.6) is 0 Å². The summed E-state index contributed by atoms with van der Waals surface area (Å²) in [6.45, 7) is 4.79. The van der Waals surface area contributed by atoms with Gasteiger partial charge in [-0.25, -0.2) is 4.98 Å². The average molecular weight is 411 g/mol. The van der Waals surface area contributed by atoms with E-state index in [0.29, 0.717) is 4.88 Å². The molecule has 2 heterocycles. The maximum absolute atomic E-state index is 13.4. The van der Waals surface area contributed by atoms with Gasteiger partial charge in [0.05, 0.1) is 16.8 Å². The van der Waals surface area contributed by atoms with Gasteiger partial charge >= 0.3 is 0 Å². The first-order valence-corrected chi connectivity index (χ1v) is 10.7. The van der Waals surface area contributed by atoms with E-state index in [4.69, 9.17) is 10.1 Å². The Balaban J connectivity index is 1.64. The molecule has 152 valence electrons. The van der Waals surface area contributed by atoms with Gasteiger partial charge in [0, 0.05) is 49.6 Å². The number of aryl methyl sites for hydroxylation is 1. The van der Waals surface area contributed by atoms with Crippen molar-refractivity contribution in [2.45, 2.75) is 32.3 Å². The van der Waals surface area contributed by atoms with Crippen LogP contribution in [0.2, 0.25) is 0 Å². The molecule has 2 aromatic rings. The number of anilines is 1. The fourth-order valence-corrected chi connectivity index (χ4v) is 5.02. The molecule has 0 aromatic carbocycles. The minimum absolute atomic E-state index is 0.191. The van der Waals surface area contributed by atoms with Gasteiger partial charge in [-0.3, -0.25) is 15.1 Å². The molecular weight excluding hydrogens is 384 g/mol. The van der Waals surface area contributed by atoms with Crippen molar-refractivity contribution in [3.63, 3.8) is 0 Å². The molecule has 7 heteroatoms. The van der Waals surface area contributed by atoms with Crippen LogP contribution in [0.4, 0.5) is 5.69 Å². The SMILES string of the molecule is CCCOC12C=CC(N(C=N)C(=O)c3sc4nccc(N(C)C)c4c3C)=CC1C2. The lowest BCUT2D eigenvalue weighted by Crippen LogP contribution is -2.30. The first-order chi connectivity index (χ1) is 13.9. The number of thiophene rings is 1. The Hall–Kier alpha value is -2.51. The van der Waals surface area contributed by atoms with E-state index in [1.807, 2.05) is 38.1 Å². The number of fused-ring (bicyclic) bond motifs is 2. The van der Waals surface area contributed by atoms with Crippen molar-refractivity contribution >= 4 is 39.5 Å². The third-order valence-electron chi connectivity index (χ3n) is 5.60. The summed E-state index contributed by atoms with van der Waals surface area (Å²) in [4.78, 5) is 22.7. The molecule has 2 aliphatic carbocycles. The number of nitrogens with zero attached hydrogens (tertiary/aromatic N) is 3. The number of hydrogen-bond acceptors (Lipinski definition) is 6. The first kappa shape index (κ1) is 19.8. The molecule has 2 aromatic heterocycles. The molecule has 6 nitrogen and oxygen atoms in total. The van der Waals surface area contributed by atoms with Crippen molar-refractivity contribution in [2.75, 3.05) is 25.6 Å². The summed E-state index contributed by atoms with van der Waals surface area (Å²) < 4.78 is 5.99. The van der Waals surface area contributed by atoms with E-state index in [1.165, 1.54) is 16.2 Å². The fourth-order valence-electron chi connectivity index (χ4n) is 3.92. The van der Waals surface area contributed by atoms with Crippen LogP contribution >= 0.6 is 11.3 Å². The number of nitrogens with one attached hydrogen (secondary N) is 1. The summed E-state index contributed by atoms with van der Waals surface area (Å²) in [5.74, 6) is 0.0820. The van der Waals surface area contributed by atoms with Crippen molar-refractivity contribution in [2.24, 2.45) is 5.92 Å². The minimum Gasteiger partial charge on any atom is -0.377 e. The highest BCUT2D eigenvalue weighted by atomic mass is 32.1. The quantitative estimate of drug-likeness (QED) is 0.544. The van der Waals surface area contributed by atoms with Gasteiger partial charge in [-0.1, -0.05) is 19.1 Å². The molecule has 1 N–H and O–H groups in total. The minimum atomic E-state index is -0.200. The van der Waals surface area contributed by atoms with Gasteiger partial charge in [0.15, 0.2) is 0 Å². The predicted octanol–water partition coefficient (Wildman–Crippen LogP) is 4.36. The number of ether oxygens (including phenoxy) is 1. The maximum atomic E-state index is 13.4. The van der Waals surface area contributed by atoms with Crippen LogP contribution in [0.25, 0.3) is 10.2 Å². The Morgan fingerprint density at radius 3 is 2.93 bits per heavy atom. The van der Waals surface area contributed by atoms with Gasteiger partial charge in [0.1, 0.15) is 4.83 Å². The van der Waals surface area contributed by atoms with Crippen LogP contribution in [0.1, 0.15) is 35.0 Å². The lowest BCUT2D eigenvalue weighted by atomic mass is 10.1. The lowest BCUT2D eigenvalue weighted by Gasteiger charge is -2.23. The second-order valence-electron chi connectivity index (χ2n) is 7.80. The van der Waals surface area contributed by atoms with E-state index in [1.54, 1.807) is 6.20 Å². The molecule has 0 bridgehead atoms. The zero-order valence-electron chi connectivity index (χ0n) is 17.2. The van der Waals surface area contributed by atoms with Crippen molar-refractivity contribution in [3.05, 3.63) is 46.6 Å². The molecule has 0 radical (unpaired) electrons. The molecule has 2 unspecified atom stereocenters. The Kier molecular flexibility index (Phi) is 5.04. The molecule has 29 heavy (non-hydrogen) atoms. The zero-order valence-corrected chi connectivity index (χ0v) is 18.0. The Morgan fingerprint density at radius 1 is 1.48 bits per heavy atom. The summed E-state index contributed by atoms with van der Waals surface area (Å²) in [6.07, 6.45) is 10.8. The van der Waals surface area contributed by atoms with Crippen LogP contribution in [-0.4, -0.2) is 48.4 Å². The molecule has 1 amide bonds. The Morgan fingerprint density at radius 2 is 2.28 bits per heavy atom. The van der Waals surface area contributed by atoms with Crippen LogP contribution < -0.4 is 4.90 Å². The maximum Gasteiger partial charge on any atom is 0.273 e. The van der Waals surface area contributed by atoms with E-state index in [0.717, 1.165) is 53.0 Å². The van der Waals surface area contributed by atoms with Gasteiger partial charge in [-0.15, -0.1) is 11.3 Å². The van der Waals surface area contributed by atoms with Crippen molar-refractivity contribution in [1.82, 2.24) is 9.88 Å². The molecular formula is C22H26N4O2S. The number of rotatable bonds is 7. The van der Waals surface area contributed by atoms with Crippen molar-refractivity contribution < 1.29 is 9.53 Å². The first-order valence-electron chi connectivity index (χ1n) is 9.86. The number of amides is 1. The molecule has 0 spiro atoms. The summed E-state index contributed by atoms with van der Waals surface area (Å²) in [5.41, 5.74) is 2.48. The molecule has 0 saturated heterocycles. The number of pyridine rings is 1. The Bertz CT molecular complexity index is 1040. The highest BCUT2D eigenvalue weighted by Crippen LogP contribution is 2.52. The number of hydrogen-bond donors (Lipinski definition) is 1. The number of carbonyl (C=O) groups excluding carboxylic acids is 1. The summed E-state index contributed by atoms with van der Waals surface area (Å²) in [6, 6.07) is 1.96. The average Bonchev–Trinajstić information content (AvgIpc) is 3.33. The van der Waals surface area contributed by atoms with Crippen molar-refractivity contribution in [3.8, 4) is 0 Å². The monoisotopic (exact) mass is 410 g/mol. The van der Waals surface area contributed by atoms with Gasteiger partial charge < -0.3 is 9.64 Å². The van der Waals surface area contributed by atoms with E-state index in [-0.39, 0.29) is 17.4 Å². The molecule has 4 rings (SSSR count). The predicted molar refractivity (Wildman–Crippen MR) is 118 cm³/mol. The molecule has 0 aliphatic heterocycles. The highest BCUT2D eigenvalue weighted by molar-refractivity contribution is 7.20. The van der Waals surface area contributed by atoms with Gasteiger partial charge in [0.25, 0.3) is 5.91 Å². The zero-order chi connectivity index (χ0) is 20.8. The van der Waals surface area contributed by atoms with Gasteiger partial charge in [-0.05, 0) is 37.5 Å². The van der Waals surface area contributed by atoms with E-state index < -0.39 is 0 Å². The third-order valence-corrected chi connectivity index (χ3v) is 6.79. The summed E-state index contributed by atoms with van der Waals surface area (Å²) >= 11 is 1.38. The smallest absolute Gasteiger partial charge is 0.273 e. The topological polar surface area (TPSA) is 69.5 Å². The van der Waals surface area contributed by atoms with Crippen LogP contribution in [0.3, 0.4) is 0 Å². The lowest BCUT2D eigenvalue weighted by molar-refractivity contribution is 0.0587. The molecule has 2 aliphatic rings. The fraction of sp³-hybridized carbons (Fsp3) is 0.409. The number of aromatic nitrogens is 1. The van der Waals surface area contributed by atoms with E-state index in [9.17, 15) is 4.79 Å². The second-order valence-corrected chi connectivity index (χ2v) is 8.80.